The average molecular weight is 360 g/mol. The topological polar surface area (TPSA) is 109 Å². The van der Waals surface area contributed by atoms with E-state index >= 15 is 0 Å². The van der Waals surface area contributed by atoms with Crippen molar-refractivity contribution in [3.05, 3.63) is 59.5 Å². The Bertz CT molecular complexity index is 848. The lowest BCUT2D eigenvalue weighted by atomic mass is 10.0. The summed E-state index contributed by atoms with van der Waals surface area (Å²) in [7, 11) is -1.60. The van der Waals surface area contributed by atoms with Crippen LogP contribution in [-0.2, 0) is 26.9 Å². The second kappa shape index (κ2) is 7.35. The number of esters is 1. The summed E-state index contributed by atoms with van der Waals surface area (Å²) >= 11 is 0. The van der Waals surface area contributed by atoms with Crippen molar-refractivity contribution in [1.82, 2.24) is 4.98 Å². The summed E-state index contributed by atoms with van der Waals surface area (Å²) in [5.74, 6) is -0.472. The number of anilines is 1. The Morgan fingerprint density at radius 1 is 1.24 bits per heavy atom. The van der Waals surface area contributed by atoms with E-state index in [-0.39, 0.29) is 35.1 Å². The van der Waals surface area contributed by atoms with Crippen molar-refractivity contribution in [1.29, 1.82) is 0 Å². The molecule has 0 aliphatic carbocycles. The molecule has 7 nitrogen and oxygen atoms in total. The van der Waals surface area contributed by atoms with Gasteiger partial charge in [-0.25, -0.2) is 14.0 Å². The minimum absolute atomic E-state index is 0.00445. The second-order valence-corrected chi connectivity index (χ2v) is 6.57. The van der Waals surface area contributed by atoms with Gasteiger partial charge in [0.15, 0.2) is 11.0 Å². The lowest BCUT2D eigenvalue weighted by Crippen LogP contribution is -2.19. The van der Waals surface area contributed by atoms with E-state index in [0.29, 0.717) is 12.1 Å². The fourth-order valence-electron chi connectivity index (χ4n) is 2.36. The van der Waals surface area contributed by atoms with Crippen LogP contribution < -0.4 is 4.72 Å². The molecule has 1 unspecified atom stereocenters. The summed E-state index contributed by atoms with van der Waals surface area (Å²) in [6, 6.07) is 9.89. The second-order valence-electron chi connectivity index (χ2n) is 5.41. The van der Waals surface area contributed by atoms with Crippen LogP contribution in [0, 0.1) is 0 Å². The van der Waals surface area contributed by atoms with Crippen LogP contribution in [0.25, 0.3) is 0 Å². The maximum Gasteiger partial charge on any atom is 0.337 e. The standard InChI is InChI=1S/C17H16N2O5S/c20-13-4-5-16(18-10-13)25(23)19-12-3-1-2-11(8-12)9-14-15(21)6-7-24-17(14)22/h1-5,8,10,19-21H,6-7,9H2. The molecule has 1 aliphatic rings. The molecule has 0 fully saturated rings. The summed E-state index contributed by atoms with van der Waals surface area (Å²) < 4.78 is 20.0. The molecular formula is C17H16N2O5S. The first-order chi connectivity index (χ1) is 12.0. The van der Waals surface area contributed by atoms with Crippen LogP contribution in [0.15, 0.2) is 59.0 Å². The lowest BCUT2D eigenvalue weighted by Gasteiger charge is -2.16. The molecule has 0 radical (unpaired) electrons. The summed E-state index contributed by atoms with van der Waals surface area (Å²) in [4.78, 5) is 15.6. The monoisotopic (exact) mass is 360 g/mol. The van der Waals surface area contributed by atoms with Crippen molar-refractivity contribution in [2.45, 2.75) is 17.9 Å². The molecule has 3 N–H and O–H groups in total. The van der Waals surface area contributed by atoms with Gasteiger partial charge in [0.05, 0.1) is 18.4 Å². The molecule has 1 aromatic carbocycles. The number of aliphatic hydroxyl groups is 1. The number of ether oxygens (including phenoxy) is 1. The van der Waals surface area contributed by atoms with Gasteiger partial charge in [0.2, 0.25) is 0 Å². The van der Waals surface area contributed by atoms with Crippen LogP contribution in [0.3, 0.4) is 0 Å². The van der Waals surface area contributed by atoms with Crippen LogP contribution in [0.2, 0.25) is 0 Å². The van der Waals surface area contributed by atoms with Crippen LogP contribution >= 0.6 is 0 Å². The van der Waals surface area contributed by atoms with Gasteiger partial charge in [-0.05, 0) is 29.8 Å². The van der Waals surface area contributed by atoms with Gasteiger partial charge >= 0.3 is 5.97 Å². The number of pyridine rings is 1. The maximum absolute atomic E-state index is 12.3. The number of aromatic nitrogens is 1. The van der Waals surface area contributed by atoms with E-state index in [0.717, 1.165) is 5.56 Å². The number of carbonyl (C=O) groups is 1. The van der Waals surface area contributed by atoms with Crippen LogP contribution in [0.1, 0.15) is 12.0 Å². The summed E-state index contributed by atoms with van der Waals surface area (Å²) in [6.45, 7) is 0.189. The molecule has 2 aromatic rings. The number of cyclic esters (lactones) is 1. The van der Waals surface area contributed by atoms with Crippen molar-refractivity contribution < 1.29 is 24.0 Å². The van der Waals surface area contributed by atoms with Gasteiger partial charge in [-0.2, -0.15) is 0 Å². The fourth-order valence-corrected chi connectivity index (χ4v) is 3.15. The van der Waals surface area contributed by atoms with Gasteiger partial charge in [0.1, 0.15) is 16.5 Å². The highest BCUT2D eigenvalue weighted by Crippen LogP contribution is 2.21. The average Bonchev–Trinajstić information content (AvgIpc) is 2.59. The van der Waals surface area contributed by atoms with Crippen molar-refractivity contribution >= 4 is 22.6 Å². The van der Waals surface area contributed by atoms with E-state index in [9.17, 15) is 19.2 Å². The first kappa shape index (κ1) is 17.0. The Morgan fingerprint density at radius 3 is 2.80 bits per heavy atom. The van der Waals surface area contributed by atoms with Crippen molar-refractivity contribution in [2.75, 3.05) is 11.3 Å². The largest absolute Gasteiger partial charge is 0.512 e. The number of rotatable bonds is 5. The zero-order valence-electron chi connectivity index (χ0n) is 13.1. The summed E-state index contributed by atoms with van der Waals surface area (Å²) in [5.41, 5.74) is 1.58. The zero-order valence-corrected chi connectivity index (χ0v) is 14.0. The first-order valence-corrected chi connectivity index (χ1v) is 8.68. The SMILES string of the molecule is O=C1OCCC(O)=C1Cc1cccc(NS(=O)c2ccc(O)cn2)c1. The number of benzene rings is 1. The number of nitrogens with zero attached hydrogens (tertiary/aromatic N) is 1. The molecule has 1 atom stereocenters. The van der Waals surface area contributed by atoms with Crippen molar-refractivity contribution in [2.24, 2.45) is 0 Å². The highest BCUT2D eigenvalue weighted by atomic mass is 32.2. The normalized spacial score (nSPS) is 15.6. The van der Waals surface area contributed by atoms with E-state index in [1.54, 1.807) is 24.3 Å². The quantitative estimate of drug-likeness (QED) is 0.706. The molecule has 0 saturated carbocycles. The zero-order chi connectivity index (χ0) is 17.8. The third-order valence-electron chi connectivity index (χ3n) is 3.60. The molecule has 130 valence electrons. The van der Waals surface area contributed by atoms with Gasteiger partial charge < -0.3 is 14.9 Å². The van der Waals surface area contributed by atoms with E-state index in [1.165, 1.54) is 18.3 Å². The predicted molar refractivity (Wildman–Crippen MR) is 91.3 cm³/mol. The number of carbonyl (C=O) groups excluding carboxylic acids is 1. The molecule has 25 heavy (non-hydrogen) atoms. The molecule has 0 saturated heterocycles. The van der Waals surface area contributed by atoms with E-state index in [4.69, 9.17) is 4.74 Å². The minimum Gasteiger partial charge on any atom is -0.512 e. The van der Waals surface area contributed by atoms with E-state index in [2.05, 4.69) is 9.71 Å². The number of aromatic hydroxyl groups is 1. The van der Waals surface area contributed by atoms with E-state index in [1.807, 2.05) is 0 Å². The molecular weight excluding hydrogens is 344 g/mol. The first-order valence-electron chi connectivity index (χ1n) is 7.53. The number of hydrogen-bond acceptors (Lipinski definition) is 6. The molecule has 0 bridgehead atoms. The Morgan fingerprint density at radius 2 is 2.08 bits per heavy atom. The lowest BCUT2D eigenvalue weighted by molar-refractivity contribution is -0.140. The van der Waals surface area contributed by atoms with Gasteiger partial charge in [-0.1, -0.05) is 12.1 Å². The molecule has 0 amide bonds. The molecule has 1 aromatic heterocycles. The third-order valence-corrected chi connectivity index (χ3v) is 4.64. The maximum atomic E-state index is 12.3. The van der Waals surface area contributed by atoms with Crippen LogP contribution in [0.4, 0.5) is 5.69 Å². The Labute approximate surface area is 146 Å². The third kappa shape index (κ3) is 4.16. The number of hydrogen-bond donors (Lipinski definition) is 3. The number of aliphatic hydroxyl groups excluding tert-OH is 1. The summed E-state index contributed by atoms with van der Waals surface area (Å²) in [6.07, 6.45) is 1.76. The smallest absolute Gasteiger partial charge is 0.337 e. The molecule has 1 aliphatic heterocycles. The highest BCUT2D eigenvalue weighted by molar-refractivity contribution is 7.86. The van der Waals surface area contributed by atoms with Crippen molar-refractivity contribution in [3.63, 3.8) is 0 Å². The summed E-state index contributed by atoms with van der Waals surface area (Å²) in [5, 5.41) is 19.4. The minimum atomic E-state index is -1.60. The Kier molecular flexibility index (Phi) is 4.99. The predicted octanol–water partition coefficient (Wildman–Crippen LogP) is 2.22. The Balaban J connectivity index is 1.74. The van der Waals surface area contributed by atoms with Gasteiger partial charge in [-0.15, -0.1) is 0 Å². The molecule has 3 rings (SSSR count). The van der Waals surface area contributed by atoms with E-state index < -0.39 is 17.0 Å². The van der Waals surface area contributed by atoms with Crippen LogP contribution in [-0.4, -0.2) is 32.0 Å². The van der Waals surface area contributed by atoms with Crippen molar-refractivity contribution in [3.8, 4) is 5.75 Å². The molecule has 8 heteroatoms. The van der Waals surface area contributed by atoms with Gasteiger partial charge in [0.25, 0.3) is 0 Å². The van der Waals surface area contributed by atoms with Gasteiger partial charge in [0, 0.05) is 18.5 Å². The molecule has 0 spiro atoms. The number of nitrogens with one attached hydrogen (secondary N) is 1. The molecule has 2 heterocycles. The fraction of sp³-hybridized carbons (Fsp3) is 0.176. The van der Waals surface area contributed by atoms with Crippen LogP contribution in [0.5, 0.6) is 5.75 Å². The van der Waals surface area contributed by atoms with Gasteiger partial charge in [-0.3, -0.25) is 4.72 Å². The highest BCUT2D eigenvalue weighted by Gasteiger charge is 2.22. The Hall–Kier alpha value is -2.87.